The standard InChI is InChI=1S/C16H22N4/c1-12-5-4-6-14(7-12)11-20(3)16-18-9-15(10-19-16)8-13(2)17/h4-7,9-10,13H,8,11,17H2,1-3H3. The van der Waals surface area contributed by atoms with Crippen LogP contribution in [0.5, 0.6) is 0 Å². The minimum absolute atomic E-state index is 0.134. The van der Waals surface area contributed by atoms with Gasteiger partial charge in [-0.1, -0.05) is 29.8 Å². The predicted molar refractivity (Wildman–Crippen MR) is 82.7 cm³/mol. The summed E-state index contributed by atoms with van der Waals surface area (Å²) in [4.78, 5) is 10.9. The van der Waals surface area contributed by atoms with Crippen molar-refractivity contribution in [2.75, 3.05) is 11.9 Å². The molecule has 0 bridgehead atoms. The van der Waals surface area contributed by atoms with Crippen LogP contribution in [0.1, 0.15) is 23.6 Å². The number of rotatable bonds is 5. The smallest absolute Gasteiger partial charge is 0.225 e. The fourth-order valence-electron chi connectivity index (χ4n) is 2.18. The van der Waals surface area contributed by atoms with E-state index in [0.29, 0.717) is 0 Å². The molecule has 0 amide bonds. The van der Waals surface area contributed by atoms with Gasteiger partial charge in [-0.2, -0.15) is 0 Å². The lowest BCUT2D eigenvalue weighted by molar-refractivity contribution is 0.730. The molecule has 2 N–H and O–H groups in total. The van der Waals surface area contributed by atoms with Crippen molar-refractivity contribution >= 4 is 5.95 Å². The third kappa shape index (κ3) is 4.03. The van der Waals surface area contributed by atoms with Crippen LogP contribution in [0.25, 0.3) is 0 Å². The number of nitrogens with zero attached hydrogens (tertiary/aromatic N) is 3. The SMILES string of the molecule is Cc1cccc(CN(C)c2ncc(CC(C)N)cn2)c1. The monoisotopic (exact) mass is 270 g/mol. The molecule has 0 aliphatic rings. The Hall–Kier alpha value is -1.94. The number of aryl methyl sites for hydroxylation is 1. The summed E-state index contributed by atoms with van der Waals surface area (Å²) in [5.74, 6) is 0.736. The van der Waals surface area contributed by atoms with Crippen molar-refractivity contribution in [1.29, 1.82) is 0 Å². The second kappa shape index (κ2) is 6.48. The molecule has 4 heteroatoms. The van der Waals surface area contributed by atoms with E-state index in [2.05, 4.69) is 41.2 Å². The summed E-state index contributed by atoms with van der Waals surface area (Å²) >= 11 is 0. The van der Waals surface area contributed by atoms with Crippen molar-refractivity contribution in [3.8, 4) is 0 Å². The van der Waals surface area contributed by atoms with Crippen LogP contribution >= 0.6 is 0 Å². The Balaban J connectivity index is 2.03. The first-order chi connectivity index (χ1) is 9.54. The van der Waals surface area contributed by atoms with Gasteiger partial charge < -0.3 is 10.6 Å². The first-order valence-electron chi connectivity index (χ1n) is 6.88. The van der Waals surface area contributed by atoms with E-state index >= 15 is 0 Å². The molecule has 0 spiro atoms. The molecule has 20 heavy (non-hydrogen) atoms. The second-order valence-corrected chi connectivity index (χ2v) is 5.42. The van der Waals surface area contributed by atoms with Gasteiger partial charge in [-0.15, -0.1) is 0 Å². The Morgan fingerprint density at radius 2 is 1.90 bits per heavy atom. The molecule has 2 rings (SSSR count). The van der Waals surface area contributed by atoms with Gasteiger partial charge in [0, 0.05) is 32.0 Å². The van der Waals surface area contributed by atoms with Crippen LogP contribution in [-0.4, -0.2) is 23.1 Å². The van der Waals surface area contributed by atoms with Gasteiger partial charge in [0.25, 0.3) is 0 Å². The van der Waals surface area contributed by atoms with E-state index in [9.17, 15) is 0 Å². The van der Waals surface area contributed by atoms with E-state index in [4.69, 9.17) is 5.73 Å². The van der Waals surface area contributed by atoms with Crippen LogP contribution in [0.2, 0.25) is 0 Å². The number of hydrogen-bond donors (Lipinski definition) is 1. The Bertz CT molecular complexity index is 549. The van der Waals surface area contributed by atoms with E-state index < -0.39 is 0 Å². The van der Waals surface area contributed by atoms with Gasteiger partial charge in [0.2, 0.25) is 5.95 Å². The Morgan fingerprint density at radius 3 is 2.50 bits per heavy atom. The summed E-state index contributed by atoms with van der Waals surface area (Å²) < 4.78 is 0. The van der Waals surface area contributed by atoms with Gasteiger partial charge in [0.1, 0.15) is 0 Å². The molecule has 1 aromatic carbocycles. The lowest BCUT2D eigenvalue weighted by Crippen LogP contribution is -2.20. The van der Waals surface area contributed by atoms with Gasteiger partial charge in [0.05, 0.1) is 0 Å². The summed E-state index contributed by atoms with van der Waals surface area (Å²) in [6.07, 6.45) is 4.53. The van der Waals surface area contributed by atoms with Gasteiger partial charge >= 0.3 is 0 Å². The molecule has 0 fully saturated rings. The molecule has 0 radical (unpaired) electrons. The van der Waals surface area contributed by atoms with E-state index in [0.717, 1.165) is 24.5 Å². The highest BCUT2D eigenvalue weighted by Gasteiger charge is 2.06. The lowest BCUT2D eigenvalue weighted by atomic mass is 10.1. The van der Waals surface area contributed by atoms with Crippen molar-refractivity contribution in [3.05, 3.63) is 53.3 Å². The fraction of sp³-hybridized carbons (Fsp3) is 0.375. The Kier molecular flexibility index (Phi) is 4.69. The third-order valence-electron chi connectivity index (χ3n) is 3.09. The van der Waals surface area contributed by atoms with Crippen molar-refractivity contribution < 1.29 is 0 Å². The maximum atomic E-state index is 5.77. The highest BCUT2D eigenvalue weighted by Crippen LogP contribution is 2.12. The minimum atomic E-state index is 0.134. The quantitative estimate of drug-likeness (QED) is 0.906. The molecular weight excluding hydrogens is 248 g/mol. The Morgan fingerprint density at radius 1 is 1.20 bits per heavy atom. The molecule has 1 atom stereocenters. The molecule has 0 aliphatic carbocycles. The average Bonchev–Trinajstić information content (AvgIpc) is 2.38. The summed E-state index contributed by atoms with van der Waals surface area (Å²) in [7, 11) is 2.00. The zero-order valence-electron chi connectivity index (χ0n) is 12.4. The van der Waals surface area contributed by atoms with Gasteiger partial charge in [-0.25, -0.2) is 9.97 Å². The fourth-order valence-corrected chi connectivity index (χ4v) is 2.18. The summed E-state index contributed by atoms with van der Waals surface area (Å²) in [6.45, 7) is 4.88. The number of anilines is 1. The maximum Gasteiger partial charge on any atom is 0.225 e. The summed E-state index contributed by atoms with van der Waals surface area (Å²) in [5, 5.41) is 0. The molecule has 0 saturated heterocycles. The van der Waals surface area contributed by atoms with E-state index in [-0.39, 0.29) is 6.04 Å². The van der Waals surface area contributed by atoms with Gasteiger partial charge in [-0.05, 0) is 31.4 Å². The van der Waals surface area contributed by atoms with Crippen LogP contribution in [0.4, 0.5) is 5.95 Å². The van der Waals surface area contributed by atoms with Crippen LogP contribution in [-0.2, 0) is 13.0 Å². The van der Waals surface area contributed by atoms with E-state index in [1.807, 2.05) is 31.3 Å². The molecule has 0 aliphatic heterocycles. The molecular formula is C16H22N4. The number of benzene rings is 1. The van der Waals surface area contributed by atoms with Gasteiger partial charge in [0.15, 0.2) is 0 Å². The first-order valence-corrected chi connectivity index (χ1v) is 6.88. The highest BCUT2D eigenvalue weighted by atomic mass is 15.2. The molecule has 2 aromatic rings. The van der Waals surface area contributed by atoms with Crippen molar-refractivity contribution in [2.45, 2.75) is 32.9 Å². The second-order valence-electron chi connectivity index (χ2n) is 5.42. The largest absolute Gasteiger partial charge is 0.340 e. The zero-order valence-corrected chi connectivity index (χ0v) is 12.4. The van der Waals surface area contributed by atoms with E-state index in [1.54, 1.807) is 0 Å². The zero-order chi connectivity index (χ0) is 14.5. The van der Waals surface area contributed by atoms with Crippen molar-refractivity contribution in [1.82, 2.24) is 9.97 Å². The lowest BCUT2D eigenvalue weighted by Gasteiger charge is -2.17. The molecule has 106 valence electrons. The molecule has 4 nitrogen and oxygen atoms in total. The normalized spacial score (nSPS) is 12.2. The van der Waals surface area contributed by atoms with E-state index in [1.165, 1.54) is 11.1 Å². The first kappa shape index (κ1) is 14.5. The predicted octanol–water partition coefficient (Wildman–Crippen LogP) is 2.31. The number of aromatic nitrogens is 2. The third-order valence-corrected chi connectivity index (χ3v) is 3.09. The van der Waals surface area contributed by atoms with Crippen LogP contribution in [0, 0.1) is 6.92 Å². The number of hydrogen-bond acceptors (Lipinski definition) is 4. The van der Waals surface area contributed by atoms with Crippen LogP contribution < -0.4 is 10.6 Å². The van der Waals surface area contributed by atoms with Crippen molar-refractivity contribution in [2.24, 2.45) is 5.73 Å². The molecule has 1 aromatic heterocycles. The minimum Gasteiger partial charge on any atom is -0.340 e. The average molecular weight is 270 g/mol. The molecule has 0 saturated carbocycles. The highest BCUT2D eigenvalue weighted by molar-refractivity contribution is 5.32. The van der Waals surface area contributed by atoms with Crippen LogP contribution in [0.15, 0.2) is 36.7 Å². The summed E-state index contributed by atoms with van der Waals surface area (Å²) in [5.41, 5.74) is 9.38. The number of nitrogens with two attached hydrogens (primary N) is 1. The Labute approximate surface area is 120 Å². The maximum absolute atomic E-state index is 5.77. The van der Waals surface area contributed by atoms with Gasteiger partial charge in [-0.3, -0.25) is 0 Å². The van der Waals surface area contributed by atoms with Crippen LogP contribution in [0.3, 0.4) is 0 Å². The topological polar surface area (TPSA) is 55.0 Å². The summed E-state index contributed by atoms with van der Waals surface area (Å²) in [6, 6.07) is 8.61. The molecule has 1 heterocycles. The molecule has 1 unspecified atom stereocenters. The van der Waals surface area contributed by atoms with Crippen molar-refractivity contribution in [3.63, 3.8) is 0 Å².